The van der Waals surface area contributed by atoms with E-state index < -0.39 is 23.3 Å². The molecule has 7 nitrogen and oxygen atoms in total. The monoisotopic (exact) mass is 457 g/mol. The van der Waals surface area contributed by atoms with Crippen LogP contribution in [0.15, 0.2) is 60.7 Å². The molecule has 0 aliphatic rings. The molecule has 2 aromatic carbocycles. The average molecular weight is 458 g/mol. The number of carbonyl (C=O) groups is 2. The zero-order valence-corrected chi connectivity index (χ0v) is 20.1. The van der Waals surface area contributed by atoms with Crippen LogP contribution < -0.4 is 10.1 Å². The van der Waals surface area contributed by atoms with Gasteiger partial charge >= 0.3 is 6.09 Å². The largest absolute Gasteiger partial charge is 0.488 e. The highest BCUT2D eigenvalue weighted by atomic mass is 16.6. The number of alkyl carbamates (subject to hydrolysis) is 1. The Balaban J connectivity index is 2.02. The molecule has 3 atom stereocenters. The quantitative estimate of drug-likeness (QED) is 0.471. The van der Waals surface area contributed by atoms with Gasteiger partial charge in [0, 0.05) is 0 Å². The van der Waals surface area contributed by atoms with Gasteiger partial charge in [0.1, 0.15) is 35.4 Å². The average Bonchev–Trinajstić information content (AvgIpc) is 2.76. The number of aldehydes is 1. The van der Waals surface area contributed by atoms with E-state index in [1.54, 1.807) is 27.7 Å². The van der Waals surface area contributed by atoms with Gasteiger partial charge < -0.3 is 29.1 Å². The fourth-order valence-electron chi connectivity index (χ4n) is 2.89. The van der Waals surface area contributed by atoms with Crippen molar-refractivity contribution < 1.29 is 28.5 Å². The van der Waals surface area contributed by atoms with Crippen molar-refractivity contribution >= 4 is 12.4 Å². The molecule has 180 valence electrons. The summed E-state index contributed by atoms with van der Waals surface area (Å²) in [7, 11) is 0. The summed E-state index contributed by atoms with van der Waals surface area (Å²) in [5.74, 6) is 0.701. The first-order valence-corrected chi connectivity index (χ1v) is 11.0. The first-order chi connectivity index (χ1) is 15.6. The Bertz CT molecular complexity index is 852. The number of hydrogen-bond donors (Lipinski definition) is 1. The van der Waals surface area contributed by atoms with Gasteiger partial charge in [-0.1, -0.05) is 48.5 Å². The molecule has 33 heavy (non-hydrogen) atoms. The van der Waals surface area contributed by atoms with Gasteiger partial charge in [0.05, 0.1) is 19.8 Å². The zero-order chi connectivity index (χ0) is 24.3. The van der Waals surface area contributed by atoms with E-state index in [-0.39, 0.29) is 19.3 Å². The molecule has 0 saturated carbocycles. The van der Waals surface area contributed by atoms with Gasteiger partial charge in [-0.05, 0) is 52.3 Å². The molecule has 0 aliphatic heterocycles. The third-order valence-corrected chi connectivity index (χ3v) is 4.63. The van der Waals surface area contributed by atoms with Gasteiger partial charge in [0.25, 0.3) is 0 Å². The SMILES string of the molecule is C[C@H](Oc1ccccc1)[C@@H](COCc1ccccc1)OC[C@@](C)(C=O)NC(=O)OC(C)(C)C. The first-order valence-electron chi connectivity index (χ1n) is 11.0. The Hall–Kier alpha value is -2.90. The number of ether oxygens (including phenoxy) is 4. The van der Waals surface area contributed by atoms with E-state index >= 15 is 0 Å². The second-order valence-electron chi connectivity index (χ2n) is 9.15. The number of carbonyl (C=O) groups excluding carboxylic acids is 2. The standard InChI is InChI=1S/C26H35NO6/c1-20(32-22-14-10-7-11-15-22)23(17-30-16-21-12-8-6-9-13-21)31-19-26(5,18-28)27-24(29)33-25(2,3)4/h6-15,18,20,23H,16-17,19H2,1-5H3,(H,27,29)/t20-,23+,26+/m0/s1. The maximum absolute atomic E-state index is 12.2. The fourth-order valence-corrected chi connectivity index (χ4v) is 2.89. The van der Waals surface area contributed by atoms with Crippen molar-refractivity contribution in [2.75, 3.05) is 13.2 Å². The van der Waals surface area contributed by atoms with Crippen LogP contribution in [0.4, 0.5) is 4.79 Å². The minimum Gasteiger partial charge on any atom is -0.488 e. The lowest BCUT2D eigenvalue weighted by molar-refractivity contribution is -0.120. The number of benzene rings is 2. The minimum atomic E-state index is -1.27. The minimum absolute atomic E-state index is 0.0718. The maximum Gasteiger partial charge on any atom is 0.408 e. The van der Waals surface area contributed by atoms with Crippen LogP contribution in [0.3, 0.4) is 0 Å². The Morgan fingerprint density at radius 3 is 2.18 bits per heavy atom. The Labute approximate surface area is 196 Å². The smallest absolute Gasteiger partial charge is 0.408 e. The normalized spacial score (nSPS) is 15.1. The summed E-state index contributed by atoms with van der Waals surface area (Å²) in [5.41, 5.74) is -0.912. The molecule has 2 rings (SSSR count). The molecule has 2 aromatic rings. The van der Waals surface area contributed by atoms with E-state index in [1.165, 1.54) is 0 Å². The topological polar surface area (TPSA) is 83.1 Å². The number of hydrogen-bond acceptors (Lipinski definition) is 6. The molecule has 7 heteroatoms. The van der Waals surface area contributed by atoms with E-state index in [2.05, 4.69) is 5.32 Å². The summed E-state index contributed by atoms with van der Waals surface area (Å²) in [6.07, 6.45) is -0.915. The van der Waals surface area contributed by atoms with Crippen LogP contribution in [-0.4, -0.2) is 48.9 Å². The summed E-state index contributed by atoms with van der Waals surface area (Å²) in [6, 6.07) is 19.2. The molecular weight excluding hydrogens is 422 g/mol. The molecular formula is C26H35NO6. The summed E-state index contributed by atoms with van der Waals surface area (Å²) in [5, 5.41) is 2.59. The van der Waals surface area contributed by atoms with E-state index in [1.807, 2.05) is 67.6 Å². The van der Waals surface area contributed by atoms with Crippen molar-refractivity contribution in [2.45, 2.75) is 64.6 Å². The molecule has 0 aromatic heterocycles. The van der Waals surface area contributed by atoms with Crippen molar-refractivity contribution in [3.05, 3.63) is 66.2 Å². The molecule has 1 amide bonds. The molecule has 0 unspecified atom stereocenters. The van der Waals surface area contributed by atoms with Crippen molar-refractivity contribution in [3.8, 4) is 5.75 Å². The van der Waals surface area contributed by atoms with E-state index in [0.29, 0.717) is 18.6 Å². The van der Waals surface area contributed by atoms with Gasteiger partial charge in [0.2, 0.25) is 0 Å². The third-order valence-electron chi connectivity index (χ3n) is 4.63. The lowest BCUT2D eigenvalue weighted by Crippen LogP contribution is -2.53. The maximum atomic E-state index is 12.2. The van der Waals surface area contributed by atoms with Crippen LogP contribution >= 0.6 is 0 Å². The Morgan fingerprint density at radius 1 is 1.00 bits per heavy atom. The first kappa shape index (κ1) is 26.4. The van der Waals surface area contributed by atoms with Crippen molar-refractivity contribution in [1.82, 2.24) is 5.32 Å². The van der Waals surface area contributed by atoms with Crippen molar-refractivity contribution in [3.63, 3.8) is 0 Å². The molecule has 1 N–H and O–H groups in total. The van der Waals surface area contributed by atoms with Crippen LogP contribution in [0, 0.1) is 0 Å². The molecule has 0 aliphatic carbocycles. The summed E-state index contributed by atoms with van der Waals surface area (Å²) in [4.78, 5) is 24.0. The van der Waals surface area contributed by atoms with E-state index in [4.69, 9.17) is 18.9 Å². The van der Waals surface area contributed by atoms with Crippen LogP contribution in [0.2, 0.25) is 0 Å². The summed E-state index contributed by atoms with van der Waals surface area (Å²) >= 11 is 0. The van der Waals surface area contributed by atoms with E-state index in [0.717, 1.165) is 5.56 Å². The lowest BCUT2D eigenvalue weighted by Gasteiger charge is -2.31. The molecule has 0 radical (unpaired) electrons. The molecule has 0 fully saturated rings. The Kier molecular flexibility index (Phi) is 9.88. The number of nitrogens with one attached hydrogen (secondary N) is 1. The summed E-state index contributed by atoms with van der Waals surface area (Å²) < 4.78 is 23.2. The van der Waals surface area contributed by atoms with Crippen LogP contribution in [0.1, 0.15) is 40.2 Å². The molecule has 0 bridgehead atoms. The second-order valence-corrected chi connectivity index (χ2v) is 9.15. The molecule has 0 saturated heterocycles. The number of amides is 1. The fraction of sp³-hybridized carbons (Fsp3) is 0.462. The van der Waals surface area contributed by atoms with Gasteiger partial charge in [0.15, 0.2) is 0 Å². The van der Waals surface area contributed by atoms with Crippen molar-refractivity contribution in [1.29, 1.82) is 0 Å². The number of rotatable bonds is 12. The number of para-hydroxylation sites is 1. The highest BCUT2D eigenvalue weighted by molar-refractivity contribution is 5.76. The van der Waals surface area contributed by atoms with Crippen molar-refractivity contribution in [2.24, 2.45) is 0 Å². The van der Waals surface area contributed by atoms with Gasteiger partial charge in [-0.2, -0.15) is 0 Å². The predicted molar refractivity (Wildman–Crippen MR) is 126 cm³/mol. The highest BCUT2D eigenvalue weighted by Crippen LogP contribution is 2.16. The van der Waals surface area contributed by atoms with Crippen LogP contribution in [0.25, 0.3) is 0 Å². The van der Waals surface area contributed by atoms with Crippen LogP contribution in [-0.2, 0) is 25.6 Å². The summed E-state index contributed by atoms with van der Waals surface area (Å²) in [6.45, 7) is 9.30. The van der Waals surface area contributed by atoms with Crippen LogP contribution in [0.5, 0.6) is 5.75 Å². The Morgan fingerprint density at radius 2 is 1.61 bits per heavy atom. The van der Waals surface area contributed by atoms with Gasteiger partial charge in [-0.15, -0.1) is 0 Å². The third kappa shape index (κ3) is 10.1. The molecule has 0 spiro atoms. The molecule has 0 heterocycles. The van der Waals surface area contributed by atoms with Gasteiger partial charge in [-0.25, -0.2) is 4.79 Å². The van der Waals surface area contributed by atoms with E-state index in [9.17, 15) is 9.59 Å². The highest BCUT2D eigenvalue weighted by Gasteiger charge is 2.32. The zero-order valence-electron chi connectivity index (χ0n) is 20.1. The predicted octanol–water partition coefficient (Wildman–Crippen LogP) is 4.54. The second kappa shape index (κ2) is 12.4. The van der Waals surface area contributed by atoms with Gasteiger partial charge in [-0.3, -0.25) is 0 Å². The lowest BCUT2D eigenvalue weighted by atomic mass is 10.1.